The van der Waals surface area contributed by atoms with Crippen LogP contribution in [0, 0.1) is 13.8 Å². The lowest BCUT2D eigenvalue weighted by molar-refractivity contribution is 0.411. The van der Waals surface area contributed by atoms with Crippen molar-refractivity contribution < 1.29 is 13.2 Å². The number of hydrogen-bond acceptors (Lipinski definition) is 3. The highest BCUT2D eigenvalue weighted by Crippen LogP contribution is 2.25. The second-order valence-corrected chi connectivity index (χ2v) is 6.43. The SMILES string of the molecule is CCCCCNS(=O)(=O)c1cc(C)c(OC)cc1C. The number of sulfonamides is 1. The summed E-state index contributed by atoms with van der Waals surface area (Å²) in [6.45, 7) is 6.20. The van der Waals surface area contributed by atoms with Gasteiger partial charge in [-0.25, -0.2) is 13.1 Å². The lowest BCUT2D eigenvalue weighted by atomic mass is 10.1. The van der Waals surface area contributed by atoms with E-state index in [1.165, 1.54) is 0 Å². The third kappa shape index (κ3) is 4.21. The van der Waals surface area contributed by atoms with E-state index in [1.807, 2.05) is 6.92 Å². The number of rotatable bonds is 7. The van der Waals surface area contributed by atoms with Gasteiger partial charge in [0.25, 0.3) is 0 Å². The zero-order valence-corrected chi connectivity index (χ0v) is 12.9. The molecule has 0 saturated heterocycles. The number of methoxy groups -OCH3 is 1. The number of ether oxygens (including phenoxy) is 1. The largest absolute Gasteiger partial charge is 0.496 e. The molecule has 0 amide bonds. The molecule has 1 aromatic carbocycles. The van der Waals surface area contributed by atoms with Crippen LogP contribution in [0.2, 0.25) is 0 Å². The van der Waals surface area contributed by atoms with Crippen LogP contribution in [0.5, 0.6) is 5.75 Å². The van der Waals surface area contributed by atoms with Crippen LogP contribution in [0.1, 0.15) is 37.3 Å². The number of hydrogen-bond donors (Lipinski definition) is 1. The summed E-state index contributed by atoms with van der Waals surface area (Å²) < 4.78 is 32.3. The number of nitrogens with one attached hydrogen (secondary N) is 1. The summed E-state index contributed by atoms with van der Waals surface area (Å²) in [5.41, 5.74) is 1.52. The average Bonchev–Trinajstić information content (AvgIpc) is 2.36. The molecule has 0 saturated carbocycles. The van der Waals surface area contributed by atoms with Crippen LogP contribution in [0.15, 0.2) is 17.0 Å². The predicted molar refractivity (Wildman–Crippen MR) is 77.2 cm³/mol. The van der Waals surface area contributed by atoms with Crippen LogP contribution in [-0.2, 0) is 10.0 Å². The van der Waals surface area contributed by atoms with Crippen molar-refractivity contribution in [2.75, 3.05) is 13.7 Å². The number of benzene rings is 1. The molecule has 0 aliphatic heterocycles. The van der Waals surface area contributed by atoms with Crippen LogP contribution in [0.3, 0.4) is 0 Å². The smallest absolute Gasteiger partial charge is 0.240 e. The minimum atomic E-state index is -3.42. The zero-order valence-electron chi connectivity index (χ0n) is 12.1. The Kier molecular flexibility index (Phi) is 5.82. The summed E-state index contributed by atoms with van der Waals surface area (Å²) in [6, 6.07) is 3.42. The molecule has 108 valence electrons. The molecule has 1 rings (SSSR count). The van der Waals surface area contributed by atoms with Gasteiger partial charge in [-0.2, -0.15) is 0 Å². The summed E-state index contributed by atoms with van der Waals surface area (Å²) in [5, 5.41) is 0. The van der Waals surface area contributed by atoms with Crippen molar-refractivity contribution in [3.05, 3.63) is 23.3 Å². The summed E-state index contributed by atoms with van der Waals surface area (Å²) >= 11 is 0. The molecule has 0 bridgehead atoms. The second kappa shape index (κ2) is 6.91. The first-order valence-corrected chi connectivity index (χ1v) is 8.05. The molecule has 0 atom stereocenters. The van der Waals surface area contributed by atoms with Crippen LogP contribution >= 0.6 is 0 Å². The van der Waals surface area contributed by atoms with Gasteiger partial charge in [-0.3, -0.25) is 0 Å². The Morgan fingerprint density at radius 2 is 1.84 bits per heavy atom. The molecular weight excluding hydrogens is 262 g/mol. The van der Waals surface area contributed by atoms with Gasteiger partial charge in [-0.05, 0) is 43.5 Å². The predicted octanol–water partition coefficient (Wildman–Crippen LogP) is 2.78. The Morgan fingerprint density at radius 1 is 1.16 bits per heavy atom. The highest BCUT2D eigenvalue weighted by Gasteiger charge is 2.18. The van der Waals surface area contributed by atoms with E-state index in [2.05, 4.69) is 11.6 Å². The molecule has 1 N–H and O–H groups in total. The molecule has 0 spiro atoms. The van der Waals surface area contributed by atoms with Crippen molar-refractivity contribution in [3.8, 4) is 5.75 Å². The molecule has 0 aromatic heterocycles. The normalized spacial score (nSPS) is 11.6. The summed E-state index contributed by atoms with van der Waals surface area (Å²) in [7, 11) is -1.84. The van der Waals surface area contributed by atoms with Gasteiger partial charge in [0, 0.05) is 6.54 Å². The molecule has 0 heterocycles. The van der Waals surface area contributed by atoms with Crippen molar-refractivity contribution in [2.24, 2.45) is 0 Å². The average molecular weight is 285 g/mol. The van der Waals surface area contributed by atoms with Crippen molar-refractivity contribution in [1.29, 1.82) is 0 Å². The van der Waals surface area contributed by atoms with E-state index in [4.69, 9.17) is 4.74 Å². The van der Waals surface area contributed by atoms with Crippen molar-refractivity contribution in [1.82, 2.24) is 4.72 Å². The third-order valence-corrected chi connectivity index (χ3v) is 4.66. The topological polar surface area (TPSA) is 55.4 Å². The Balaban J connectivity index is 2.92. The van der Waals surface area contributed by atoms with Crippen LogP contribution in [-0.4, -0.2) is 22.1 Å². The highest BCUT2D eigenvalue weighted by atomic mass is 32.2. The van der Waals surface area contributed by atoms with Gasteiger partial charge in [0.2, 0.25) is 10.0 Å². The van der Waals surface area contributed by atoms with E-state index in [0.29, 0.717) is 22.8 Å². The van der Waals surface area contributed by atoms with Crippen molar-refractivity contribution in [3.63, 3.8) is 0 Å². The molecule has 0 aliphatic rings. The summed E-state index contributed by atoms with van der Waals surface area (Å²) in [4.78, 5) is 0.335. The Morgan fingerprint density at radius 3 is 2.42 bits per heavy atom. The first-order chi connectivity index (χ1) is 8.92. The summed E-state index contributed by atoms with van der Waals surface area (Å²) in [6.07, 6.45) is 2.97. The first-order valence-electron chi connectivity index (χ1n) is 6.57. The maximum atomic E-state index is 12.2. The quantitative estimate of drug-likeness (QED) is 0.784. The van der Waals surface area contributed by atoms with Gasteiger partial charge < -0.3 is 4.74 Å². The number of unbranched alkanes of at least 4 members (excludes halogenated alkanes) is 2. The van der Waals surface area contributed by atoms with E-state index >= 15 is 0 Å². The molecule has 5 heteroatoms. The van der Waals surface area contributed by atoms with E-state index in [-0.39, 0.29) is 0 Å². The summed E-state index contributed by atoms with van der Waals surface area (Å²) in [5.74, 6) is 0.711. The molecular formula is C14H23NO3S. The van der Waals surface area contributed by atoms with Gasteiger partial charge in [0.1, 0.15) is 5.75 Å². The molecule has 0 aliphatic carbocycles. The molecule has 0 unspecified atom stereocenters. The van der Waals surface area contributed by atoms with E-state index < -0.39 is 10.0 Å². The lowest BCUT2D eigenvalue weighted by Crippen LogP contribution is -2.25. The van der Waals surface area contributed by atoms with Crippen molar-refractivity contribution in [2.45, 2.75) is 44.9 Å². The Hall–Kier alpha value is -1.07. The minimum Gasteiger partial charge on any atom is -0.496 e. The molecule has 4 nitrogen and oxygen atoms in total. The van der Waals surface area contributed by atoms with Crippen LogP contribution < -0.4 is 9.46 Å². The molecule has 0 radical (unpaired) electrons. The van der Waals surface area contributed by atoms with Crippen LogP contribution in [0.4, 0.5) is 0 Å². The Labute approximate surface area is 116 Å². The number of aryl methyl sites for hydroxylation is 2. The first kappa shape index (κ1) is 16.0. The van der Waals surface area contributed by atoms with E-state index in [1.54, 1.807) is 26.2 Å². The highest BCUT2D eigenvalue weighted by molar-refractivity contribution is 7.89. The molecule has 0 fully saturated rings. The van der Waals surface area contributed by atoms with Crippen LogP contribution in [0.25, 0.3) is 0 Å². The fourth-order valence-electron chi connectivity index (χ4n) is 1.93. The van der Waals surface area contributed by atoms with Crippen molar-refractivity contribution >= 4 is 10.0 Å². The zero-order chi connectivity index (χ0) is 14.5. The lowest BCUT2D eigenvalue weighted by Gasteiger charge is -2.12. The minimum absolute atomic E-state index is 0.335. The van der Waals surface area contributed by atoms with E-state index in [9.17, 15) is 8.42 Å². The fraction of sp³-hybridized carbons (Fsp3) is 0.571. The van der Waals surface area contributed by atoms with Gasteiger partial charge in [-0.15, -0.1) is 0 Å². The fourth-order valence-corrected chi connectivity index (χ4v) is 3.32. The van der Waals surface area contributed by atoms with Gasteiger partial charge in [0.05, 0.1) is 12.0 Å². The van der Waals surface area contributed by atoms with Gasteiger partial charge in [-0.1, -0.05) is 19.8 Å². The van der Waals surface area contributed by atoms with Gasteiger partial charge >= 0.3 is 0 Å². The molecule has 19 heavy (non-hydrogen) atoms. The third-order valence-electron chi connectivity index (χ3n) is 3.05. The Bertz CT molecular complexity index is 524. The van der Waals surface area contributed by atoms with E-state index in [0.717, 1.165) is 24.8 Å². The second-order valence-electron chi connectivity index (χ2n) is 4.69. The van der Waals surface area contributed by atoms with Gasteiger partial charge in [0.15, 0.2) is 0 Å². The maximum Gasteiger partial charge on any atom is 0.240 e. The molecule has 1 aromatic rings. The monoisotopic (exact) mass is 285 g/mol. The maximum absolute atomic E-state index is 12.2. The standard InChI is InChI=1S/C14H23NO3S/c1-5-6-7-8-15-19(16,17)14-10-11(2)13(18-4)9-12(14)3/h9-10,15H,5-8H2,1-4H3.